The molecule has 0 atom stereocenters. The molecule has 0 aliphatic heterocycles. The summed E-state index contributed by atoms with van der Waals surface area (Å²) in [6, 6.07) is 10.6. The van der Waals surface area contributed by atoms with Crippen molar-refractivity contribution in [1.29, 1.82) is 0 Å². The molecule has 2 aromatic rings. The third-order valence-corrected chi connectivity index (χ3v) is 4.52. The van der Waals surface area contributed by atoms with E-state index >= 15 is 0 Å². The van der Waals surface area contributed by atoms with Gasteiger partial charge in [-0.25, -0.2) is 9.97 Å². The van der Waals surface area contributed by atoms with Crippen LogP contribution in [0.3, 0.4) is 0 Å². The third kappa shape index (κ3) is 3.86. The van der Waals surface area contributed by atoms with E-state index in [2.05, 4.69) is 61.3 Å². The number of rotatable bonds is 8. The molecule has 4 nitrogen and oxygen atoms in total. The second kappa shape index (κ2) is 7.65. The molecule has 0 radical (unpaired) electrons. The van der Waals surface area contributed by atoms with Crippen LogP contribution in [0.4, 0.5) is 11.6 Å². The quantitative estimate of drug-likeness (QED) is 0.775. The molecule has 1 aromatic heterocycles. The molecule has 4 heteroatoms. The molecule has 128 valence electrons. The van der Waals surface area contributed by atoms with E-state index in [-0.39, 0.29) is 0 Å². The summed E-state index contributed by atoms with van der Waals surface area (Å²) in [4.78, 5) is 12.1. The van der Waals surface area contributed by atoms with Crippen LogP contribution in [0.15, 0.2) is 30.3 Å². The Kier molecular flexibility index (Phi) is 5.34. The van der Waals surface area contributed by atoms with Crippen molar-refractivity contribution in [1.82, 2.24) is 9.97 Å². The number of nitrogens with zero attached hydrogens (tertiary/aromatic N) is 3. The van der Waals surface area contributed by atoms with E-state index in [0.29, 0.717) is 5.92 Å². The normalized spacial score (nSPS) is 13.8. The average molecular weight is 324 g/mol. The predicted molar refractivity (Wildman–Crippen MR) is 101 cm³/mol. The first-order chi connectivity index (χ1) is 11.7. The van der Waals surface area contributed by atoms with Gasteiger partial charge in [0.15, 0.2) is 0 Å². The van der Waals surface area contributed by atoms with Gasteiger partial charge in [0.2, 0.25) is 0 Å². The molecule has 1 aliphatic carbocycles. The van der Waals surface area contributed by atoms with Crippen LogP contribution in [-0.2, 0) is 6.54 Å². The number of hydrogen-bond donors (Lipinski definition) is 1. The van der Waals surface area contributed by atoms with E-state index in [4.69, 9.17) is 9.97 Å². The van der Waals surface area contributed by atoms with Crippen molar-refractivity contribution in [3.8, 4) is 0 Å². The Morgan fingerprint density at radius 2 is 1.88 bits per heavy atom. The minimum atomic E-state index is 0.557. The van der Waals surface area contributed by atoms with Crippen molar-refractivity contribution in [2.45, 2.75) is 52.5 Å². The van der Waals surface area contributed by atoms with Gasteiger partial charge in [-0.3, -0.25) is 0 Å². The summed E-state index contributed by atoms with van der Waals surface area (Å²) in [6.45, 7) is 9.28. The van der Waals surface area contributed by atoms with E-state index in [0.717, 1.165) is 49.1 Å². The maximum absolute atomic E-state index is 4.95. The maximum Gasteiger partial charge on any atom is 0.137 e. The van der Waals surface area contributed by atoms with E-state index in [1.54, 1.807) is 0 Å². The first-order valence-corrected chi connectivity index (χ1v) is 9.14. The highest BCUT2D eigenvalue weighted by Gasteiger charge is 2.29. The molecule has 1 heterocycles. The number of aromatic nitrogens is 2. The highest BCUT2D eigenvalue weighted by molar-refractivity contribution is 5.59. The van der Waals surface area contributed by atoms with E-state index in [1.807, 2.05) is 0 Å². The fourth-order valence-corrected chi connectivity index (χ4v) is 2.91. The Balaban J connectivity index is 1.92. The van der Waals surface area contributed by atoms with Crippen molar-refractivity contribution >= 4 is 11.6 Å². The highest BCUT2D eigenvalue weighted by Crippen LogP contribution is 2.40. The van der Waals surface area contributed by atoms with Gasteiger partial charge in [0, 0.05) is 31.1 Å². The molecule has 0 saturated heterocycles. The Morgan fingerprint density at radius 3 is 2.50 bits per heavy atom. The summed E-state index contributed by atoms with van der Waals surface area (Å²) in [5.74, 6) is 3.66. The summed E-state index contributed by atoms with van der Waals surface area (Å²) in [5.41, 5.74) is 2.47. The van der Waals surface area contributed by atoms with Crippen LogP contribution in [-0.4, -0.2) is 23.1 Å². The summed E-state index contributed by atoms with van der Waals surface area (Å²) in [6.07, 6.45) is 3.54. The van der Waals surface area contributed by atoms with Gasteiger partial charge >= 0.3 is 0 Å². The van der Waals surface area contributed by atoms with Crippen LogP contribution in [0.1, 0.15) is 56.0 Å². The average Bonchev–Trinajstić information content (AvgIpc) is 3.45. The fourth-order valence-electron chi connectivity index (χ4n) is 2.91. The van der Waals surface area contributed by atoms with Gasteiger partial charge in [-0.1, -0.05) is 37.3 Å². The van der Waals surface area contributed by atoms with Crippen LogP contribution in [0.5, 0.6) is 0 Å². The third-order valence-electron chi connectivity index (χ3n) is 4.52. The summed E-state index contributed by atoms with van der Waals surface area (Å²) >= 11 is 0. The molecular formula is C20H28N4. The number of hydrogen-bond acceptors (Lipinski definition) is 4. The van der Waals surface area contributed by atoms with Gasteiger partial charge in [0.1, 0.15) is 17.5 Å². The van der Waals surface area contributed by atoms with Crippen molar-refractivity contribution in [3.05, 3.63) is 47.3 Å². The fraction of sp³-hybridized carbons (Fsp3) is 0.500. The molecule has 0 spiro atoms. The first-order valence-electron chi connectivity index (χ1n) is 9.14. The first kappa shape index (κ1) is 16.7. The number of anilines is 2. The molecular weight excluding hydrogens is 296 g/mol. The van der Waals surface area contributed by atoms with Gasteiger partial charge in [-0.15, -0.1) is 0 Å². The lowest BCUT2D eigenvalue weighted by atomic mass is 10.2. The number of nitrogens with one attached hydrogen (secondary N) is 1. The largest absolute Gasteiger partial charge is 0.370 e. The van der Waals surface area contributed by atoms with Crippen LogP contribution in [0.2, 0.25) is 0 Å². The van der Waals surface area contributed by atoms with Crippen LogP contribution in [0.25, 0.3) is 0 Å². The minimum Gasteiger partial charge on any atom is -0.370 e. The zero-order valence-electron chi connectivity index (χ0n) is 15.0. The van der Waals surface area contributed by atoms with Crippen LogP contribution >= 0.6 is 0 Å². The molecule has 24 heavy (non-hydrogen) atoms. The molecule has 3 rings (SSSR count). The predicted octanol–water partition coefficient (Wildman–Crippen LogP) is 4.51. The van der Waals surface area contributed by atoms with Crippen molar-refractivity contribution in [3.63, 3.8) is 0 Å². The van der Waals surface area contributed by atoms with Crippen molar-refractivity contribution < 1.29 is 0 Å². The van der Waals surface area contributed by atoms with Crippen LogP contribution in [0, 0.1) is 6.92 Å². The lowest BCUT2D eigenvalue weighted by molar-refractivity contribution is 0.787. The molecule has 1 N–H and O–H groups in total. The molecule has 1 aliphatic rings. The van der Waals surface area contributed by atoms with Crippen molar-refractivity contribution in [2.75, 3.05) is 23.3 Å². The summed E-state index contributed by atoms with van der Waals surface area (Å²) < 4.78 is 0. The topological polar surface area (TPSA) is 41.1 Å². The lowest BCUT2D eigenvalue weighted by Gasteiger charge is -2.25. The molecule has 0 amide bonds. The summed E-state index contributed by atoms with van der Waals surface area (Å²) in [5, 5.41) is 3.49. The van der Waals surface area contributed by atoms with Crippen molar-refractivity contribution in [2.24, 2.45) is 0 Å². The molecule has 0 bridgehead atoms. The van der Waals surface area contributed by atoms with Gasteiger partial charge in [0.05, 0.1) is 0 Å². The zero-order valence-corrected chi connectivity index (χ0v) is 15.0. The number of benzene rings is 1. The molecule has 0 unspecified atom stereocenters. The smallest absolute Gasteiger partial charge is 0.137 e. The van der Waals surface area contributed by atoms with Gasteiger partial charge in [-0.05, 0) is 38.7 Å². The Morgan fingerprint density at radius 1 is 1.12 bits per heavy atom. The lowest BCUT2D eigenvalue weighted by Crippen LogP contribution is -2.25. The Bertz CT molecular complexity index is 665. The maximum atomic E-state index is 4.95. The highest BCUT2D eigenvalue weighted by atomic mass is 15.2. The monoisotopic (exact) mass is 324 g/mol. The molecule has 1 aromatic carbocycles. The Hall–Kier alpha value is -2.10. The standard InChI is InChI=1S/C20H28N4/c1-4-13-21-18-15(3)20(23-19(22-18)17-11-12-17)24(5-2)14-16-9-7-6-8-10-16/h6-10,17H,4-5,11-14H2,1-3H3,(H,21,22,23). The zero-order chi connectivity index (χ0) is 16.9. The van der Waals surface area contributed by atoms with Crippen LogP contribution < -0.4 is 10.2 Å². The second-order valence-electron chi connectivity index (χ2n) is 6.58. The van der Waals surface area contributed by atoms with Gasteiger partial charge < -0.3 is 10.2 Å². The van der Waals surface area contributed by atoms with Gasteiger partial charge in [-0.2, -0.15) is 0 Å². The van der Waals surface area contributed by atoms with E-state index in [1.165, 1.54) is 18.4 Å². The van der Waals surface area contributed by atoms with E-state index < -0.39 is 0 Å². The molecule has 1 fully saturated rings. The van der Waals surface area contributed by atoms with E-state index in [9.17, 15) is 0 Å². The summed E-state index contributed by atoms with van der Waals surface area (Å²) in [7, 11) is 0. The minimum absolute atomic E-state index is 0.557. The van der Waals surface area contributed by atoms with Gasteiger partial charge in [0.25, 0.3) is 0 Å². The Labute approximate surface area is 145 Å². The SMILES string of the molecule is CCCNc1nc(C2CC2)nc(N(CC)Cc2ccccc2)c1C. The second-order valence-corrected chi connectivity index (χ2v) is 6.58. The molecule has 1 saturated carbocycles.